The van der Waals surface area contributed by atoms with E-state index >= 15 is 0 Å². The third-order valence-electron chi connectivity index (χ3n) is 3.28. The van der Waals surface area contributed by atoms with E-state index in [0.29, 0.717) is 0 Å². The second-order valence-corrected chi connectivity index (χ2v) is 6.41. The van der Waals surface area contributed by atoms with Gasteiger partial charge in [0, 0.05) is 0 Å². The SMILES string of the molecule is CCCC(C)(C)C(=O)O[B]O[B]OC(=O)C(C)(C)CCC. The summed E-state index contributed by atoms with van der Waals surface area (Å²) >= 11 is 0. The highest BCUT2D eigenvalue weighted by atomic mass is 16.6. The molecule has 5 nitrogen and oxygen atoms in total. The summed E-state index contributed by atoms with van der Waals surface area (Å²) in [7, 11) is 1.75. The molecule has 0 amide bonds. The van der Waals surface area contributed by atoms with E-state index in [-0.39, 0.29) is 11.9 Å². The fraction of sp³-hybridized carbons (Fsp3) is 0.857. The number of hydrogen-bond acceptors (Lipinski definition) is 5. The van der Waals surface area contributed by atoms with Gasteiger partial charge in [0.15, 0.2) is 0 Å². The summed E-state index contributed by atoms with van der Waals surface area (Å²) in [5.41, 5.74) is -1.12. The lowest BCUT2D eigenvalue weighted by Gasteiger charge is -2.22. The van der Waals surface area contributed by atoms with Crippen molar-refractivity contribution >= 4 is 27.3 Å². The number of carbonyl (C=O) groups is 2. The lowest BCUT2D eigenvalue weighted by Crippen LogP contribution is -2.31. The molecule has 0 unspecified atom stereocenters. The Labute approximate surface area is 129 Å². The molecule has 0 fully saturated rings. The normalized spacial score (nSPS) is 11.7. The summed E-state index contributed by atoms with van der Waals surface area (Å²) in [5, 5.41) is 0. The summed E-state index contributed by atoms with van der Waals surface area (Å²) < 4.78 is 14.5. The summed E-state index contributed by atoms with van der Waals surface area (Å²) in [4.78, 5) is 23.5. The maximum atomic E-state index is 11.7. The molecule has 0 heterocycles. The molecule has 0 aromatic carbocycles. The minimum absolute atomic E-state index is 0.379. The van der Waals surface area contributed by atoms with Gasteiger partial charge in [-0.2, -0.15) is 0 Å². The predicted molar refractivity (Wildman–Crippen MR) is 82.2 cm³/mol. The van der Waals surface area contributed by atoms with E-state index in [0.717, 1.165) is 41.1 Å². The average molecular weight is 296 g/mol. The van der Waals surface area contributed by atoms with Crippen LogP contribution in [0.2, 0.25) is 0 Å². The van der Waals surface area contributed by atoms with E-state index in [1.807, 2.05) is 41.5 Å². The molecule has 7 heteroatoms. The molecule has 21 heavy (non-hydrogen) atoms. The number of carbonyl (C=O) groups excluding carboxylic acids is 2. The molecule has 0 aliphatic heterocycles. The maximum Gasteiger partial charge on any atom is 0.560 e. The average Bonchev–Trinajstić information content (AvgIpc) is 2.37. The smallest absolute Gasteiger partial charge is 0.511 e. The zero-order chi connectivity index (χ0) is 16.5. The lowest BCUT2D eigenvalue weighted by molar-refractivity contribution is -0.145. The number of hydrogen-bond donors (Lipinski definition) is 0. The van der Waals surface area contributed by atoms with Gasteiger partial charge in [-0.3, -0.25) is 9.59 Å². The van der Waals surface area contributed by atoms with Crippen LogP contribution in [0, 0.1) is 10.8 Å². The van der Waals surface area contributed by atoms with Crippen LogP contribution in [0.4, 0.5) is 0 Å². The van der Waals surface area contributed by atoms with Gasteiger partial charge in [-0.25, -0.2) is 0 Å². The monoisotopic (exact) mass is 296 g/mol. The quantitative estimate of drug-likeness (QED) is 0.458. The Morgan fingerprint density at radius 2 is 1.14 bits per heavy atom. The van der Waals surface area contributed by atoms with Gasteiger partial charge in [0.05, 0.1) is 10.8 Å². The lowest BCUT2D eigenvalue weighted by atomic mass is 9.88. The van der Waals surface area contributed by atoms with E-state index < -0.39 is 10.8 Å². The summed E-state index contributed by atoms with van der Waals surface area (Å²) in [6, 6.07) is 0. The molecule has 0 atom stereocenters. The van der Waals surface area contributed by atoms with E-state index in [1.165, 1.54) is 0 Å². The van der Waals surface area contributed by atoms with Crippen LogP contribution in [0.5, 0.6) is 0 Å². The Balaban J connectivity index is 3.92. The zero-order valence-corrected chi connectivity index (χ0v) is 14.0. The molecule has 2 radical (unpaired) electrons. The van der Waals surface area contributed by atoms with E-state index in [9.17, 15) is 9.59 Å². The van der Waals surface area contributed by atoms with Crippen molar-refractivity contribution in [3.05, 3.63) is 0 Å². The third-order valence-corrected chi connectivity index (χ3v) is 3.28. The summed E-state index contributed by atoms with van der Waals surface area (Å²) in [5.74, 6) is -0.759. The molecule has 0 aromatic heterocycles. The van der Waals surface area contributed by atoms with Crippen LogP contribution in [0.15, 0.2) is 0 Å². The van der Waals surface area contributed by atoms with Crippen molar-refractivity contribution in [1.29, 1.82) is 0 Å². The van der Waals surface area contributed by atoms with Crippen LogP contribution >= 0.6 is 0 Å². The first kappa shape index (κ1) is 20.0. The molecule has 0 rings (SSSR count). The Bertz CT molecular complexity index is 310. The Kier molecular flexibility index (Phi) is 8.71. The Morgan fingerprint density at radius 3 is 1.43 bits per heavy atom. The molecular weight excluding hydrogens is 270 g/mol. The summed E-state index contributed by atoms with van der Waals surface area (Å²) in [6.45, 7) is 11.2. The standard InChI is InChI=1S/C14H26B2O5/c1-7-9-13(3,4)11(17)19-15-21-16-20-12(18)14(5,6)10-8-2/h7-10H2,1-6H3. The third kappa shape index (κ3) is 7.55. The Morgan fingerprint density at radius 1 is 0.810 bits per heavy atom. The van der Waals surface area contributed by atoms with Gasteiger partial charge >= 0.3 is 15.4 Å². The highest BCUT2D eigenvalue weighted by Crippen LogP contribution is 2.24. The number of rotatable bonds is 10. The van der Waals surface area contributed by atoms with E-state index in [4.69, 9.17) is 13.9 Å². The fourth-order valence-corrected chi connectivity index (χ4v) is 1.94. The molecule has 0 N–H and O–H groups in total. The van der Waals surface area contributed by atoms with Crippen LogP contribution in [-0.2, 0) is 23.5 Å². The molecule has 0 aliphatic rings. The van der Waals surface area contributed by atoms with Crippen molar-refractivity contribution in [2.45, 2.75) is 67.2 Å². The van der Waals surface area contributed by atoms with Crippen molar-refractivity contribution in [3.63, 3.8) is 0 Å². The molecule has 0 spiro atoms. The predicted octanol–water partition coefficient (Wildman–Crippen LogP) is 2.81. The first-order valence-electron chi connectivity index (χ1n) is 7.38. The maximum absolute atomic E-state index is 11.7. The van der Waals surface area contributed by atoms with Gasteiger partial charge in [0.25, 0.3) is 11.9 Å². The van der Waals surface area contributed by atoms with Gasteiger partial charge in [-0.1, -0.05) is 26.7 Å². The van der Waals surface area contributed by atoms with Gasteiger partial charge in [0.2, 0.25) is 0 Å². The second kappa shape index (κ2) is 9.13. The molecule has 0 bridgehead atoms. The molecule has 0 aromatic rings. The minimum Gasteiger partial charge on any atom is -0.511 e. The molecule has 0 saturated carbocycles. The van der Waals surface area contributed by atoms with Crippen molar-refractivity contribution in [3.8, 4) is 0 Å². The molecular formula is C14H26B2O5. The van der Waals surface area contributed by atoms with Gasteiger partial charge in [0.1, 0.15) is 0 Å². The first-order valence-corrected chi connectivity index (χ1v) is 7.38. The van der Waals surface area contributed by atoms with Gasteiger partial charge < -0.3 is 13.9 Å². The van der Waals surface area contributed by atoms with Crippen molar-refractivity contribution in [2.24, 2.45) is 10.8 Å². The summed E-state index contributed by atoms with van der Waals surface area (Å²) in [6.07, 6.45) is 3.23. The minimum atomic E-state index is -0.561. The largest absolute Gasteiger partial charge is 0.560 e. The highest BCUT2D eigenvalue weighted by molar-refractivity contribution is 6.37. The molecule has 118 valence electrons. The van der Waals surface area contributed by atoms with Crippen LogP contribution < -0.4 is 0 Å². The van der Waals surface area contributed by atoms with Crippen molar-refractivity contribution < 1.29 is 23.5 Å². The fourth-order valence-electron chi connectivity index (χ4n) is 1.94. The topological polar surface area (TPSA) is 61.8 Å². The Hall–Kier alpha value is -0.970. The molecule has 0 aliphatic carbocycles. The van der Waals surface area contributed by atoms with E-state index in [1.54, 1.807) is 0 Å². The van der Waals surface area contributed by atoms with Crippen molar-refractivity contribution in [1.82, 2.24) is 0 Å². The van der Waals surface area contributed by atoms with Crippen LogP contribution in [0.1, 0.15) is 67.2 Å². The van der Waals surface area contributed by atoms with Crippen LogP contribution in [-0.4, -0.2) is 27.3 Å². The van der Waals surface area contributed by atoms with Gasteiger partial charge in [-0.05, 0) is 40.5 Å². The van der Waals surface area contributed by atoms with Crippen LogP contribution in [0.3, 0.4) is 0 Å². The van der Waals surface area contributed by atoms with Crippen molar-refractivity contribution in [2.75, 3.05) is 0 Å². The second-order valence-electron chi connectivity index (χ2n) is 6.41. The van der Waals surface area contributed by atoms with Gasteiger partial charge in [-0.15, -0.1) is 0 Å². The first-order chi connectivity index (χ1) is 9.67. The molecule has 0 saturated heterocycles. The highest BCUT2D eigenvalue weighted by Gasteiger charge is 2.30. The van der Waals surface area contributed by atoms with Crippen LogP contribution in [0.25, 0.3) is 0 Å². The van der Waals surface area contributed by atoms with E-state index in [2.05, 4.69) is 0 Å². The zero-order valence-electron chi connectivity index (χ0n) is 14.0.